The summed E-state index contributed by atoms with van der Waals surface area (Å²) >= 11 is 3.06. The van der Waals surface area contributed by atoms with Crippen LogP contribution in [-0.4, -0.2) is 33.4 Å². The zero-order valence-electron chi connectivity index (χ0n) is 10.7. The van der Waals surface area contributed by atoms with E-state index in [0.717, 1.165) is 0 Å². The van der Waals surface area contributed by atoms with Gasteiger partial charge in [-0.05, 0) is 16.6 Å². The number of aliphatic hydroxyl groups excluding tert-OH is 1. The molecule has 21 heavy (non-hydrogen) atoms. The molecule has 0 radical (unpaired) electrons. The Hall–Kier alpha value is -1.87. The first-order valence-electron chi connectivity index (χ1n) is 6.03. The highest BCUT2D eigenvalue weighted by Crippen LogP contribution is 2.29. The predicted octanol–water partition coefficient (Wildman–Crippen LogP) is 0.861. The summed E-state index contributed by atoms with van der Waals surface area (Å²) in [5, 5.41) is 12.8. The highest BCUT2D eigenvalue weighted by molar-refractivity contribution is 9.11. The minimum Gasteiger partial charge on any atom is -0.394 e. The average molecular weight is 358 g/mol. The van der Waals surface area contributed by atoms with Gasteiger partial charge < -0.3 is 9.84 Å². The number of rotatable bonds is 4. The molecule has 1 fully saturated rings. The zero-order valence-corrected chi connectivity index (χ0v) is 12.3. The molecule has 0 unspecified atom stereocenters. The smallest absolute Gasteiger partial charge is 0.330 e. The molecule has 0 aliphatic carbocycles. The second-order valence-corrected chi connectivity index (χ2v) is 4.89. The molecule has 1 saturated heterocycles. The quantitative estimate of drug-likeness (QED) is 0.469. The van der Waals surface area contributed by atoms with Crippen molar-refractivity contribution in [2.45, 2.75) is 24.8 Å². The predicted molar refractivity (Wildman–Crippen MR) is 77.8 cm³/mol. The number of halogens is 1. The van der Waals surface area contributed by atoms with Crippen molar-refractivity contribution in [1.29, 1.82) is 0 Å². The molecule has 1 aromatic rings. The van der Waals surface area contributed by atoms with Gasteiger partial charge in [-0.1, -0.05) is 21.0 Å². The Kier molecular flexibility index (Phi) is 4.97. The lowest BCUT2D eigenvalue weighted by Crippen LogP contribution is -2.33. The summed E-state index contributed by atoms with van der Waals surface area (Å²) in [5.41, 5.74) is 7.61. The molecule has 10 heteroatoms. The summed E-state index contributed by atoms with van der Waals surface area (Å²) in [6.45, 7) is -0.327. The van der Waals surface area contributed by atoms with E-state index in [0.29, 0.717) is 0 Å². The summed E-state index contributed by atoms with van der Waals surface area (Å²) in [5.74, 6) is 0. The molecule has 112 valence electrons. The van der Waals surface area contributed by atoms with Crippen LogP contribution in [-0.2, 0) is 4.74 Å². The van der Waals surface area contributed by atoms with E-state index >= 15 is 0 Å². The molecule has 3 atom stereocenters. The summed E-state index contributed by atoms with van der Waals surface area (Å²) < 4.78 is 6.71. The van der Waals surface area contributed by atoms with Crippen LogP contribution in [0.5, 0.6) is 0 Å². The molecule has 2 rings (SSSR count). The van der Waals surface area contributed by atoms with Gasteiger partial charge in [-0.15, -0.1) is 0 Å². The highest BCUT2D eigenvalue weighted by atomic mass is 79.9. The van der Waals surface area contributed by atoms with Gasteiger partial charge in [0.15, 0.2) is 0 Å². The fourth-order valence-corrected chi connectivity index (χ4v) is 2.42. The lowest BCUT2D eigenvalue weighted by Gasteiger charge is -2.14. The molecule has 0 bridgehead atoms. The molecule has 1 aliphatic heterocycles. The van der Waals surface area contributed by atoms with E-state index in [9.17, 15) is 14.7 Å². The van der Waals surface area contributed by atoms with E-state index in [1.165, 1.54) is 21.8 Å². The molecule has 2 heterocycles. The third kappa shape index (κ3) is 3.24. The van der Waals surface area contributed by atoms with Crippen molar-refractivity contribution >= 4 is 22.0 Å². The Bertz CT molecular complexity index is 705. The van der Waals surface area contributed by atoms with Crippen molar-refractivity contribution in [1.82, 2.24) is 9.55 Å². The minimum atomic E-state index is -0.718. The Labute approximate surface area is 126 Å². The lowest BCUT2D eigenvalue weighted by molar-refractivity contribution is -0.0271. The highest BCUT2D eigenvalue weighted by Gasteiger charge is 2.35. The Morgan fingerprint density at radius 2 is 2.43 bits per heavy atom. The molecular weight excluding hydrogens is 346 g/mol. The van der Waals surface area contributed by atoms with Gasteiger partial charge in [0.05, 0.1) is 24.3 Å². The topological polar surface area (TPSA) is 133 Å². The number of aromatic nitrogens is 2. The largest absolute Gasteiger partial charge is 0.394 e. The van der Waals surface area contributed by atoms with E-state index < -0.39 is 29.6 Å². The number of H-pyrrole nitrogens is 1. The second kappa shape index (κ2) is 6.72. The van der Waals surface area contributed by atoms with Gasteiger partial charge in [0.25, 0.3) is 5.56 Å². The van der Waals surface area contributed by atoms with E-state index in [-0.39, 0.29) is 18.6 Å². The van der Waals surface area contributed by atoms with Crippen molar-refractivity contribution in [3.05, 3.63) is 48.0 Å². The van der Waals surface area contributed by atoms with Crippen molar-refractivity contribution in [2.75, 3.05) is 6.61 Å². The molecule has 9 nitrogen and oxygen atoms in total. The third-order valence-electron chi connectivity index (χ3n) is 3.13. The van der Waals surface area contributed by atoms with Crippen molar-refractivity contribution < 1.29 is 9.84 Å². The molecule has 1 aromatic heterocycles. The zero-order chi connectivity index (χ0) is 15.4. The van der Waals surface area contributed by atoms with E-state index in [4.69, 9.17) is 10.3 Å². The van der Waals surface area contributed by atoms with Crippen LogP contribution in [0.25, 0.3) is 16.5 Å². The number of azide groups is 1. The van der Waals surface area contributed by atoms with Gasteiger partial charge >= 0.3 is 5.69 Å². The second-order valence-electron chi connectivity index (χ2n) is 4.36. The minimum absolute atomic E-state index is 0.235. The molecule has 0 aromatic carbocycles. The van der Waals surface area contributed by atoms with Crippen LogP contribution < -0.4 is 11.2 Å². The van der Waals surface area contributed by atoms with Crippen LogP contribution in [0.2, 0.25) is 0 Å². The van der Waals surface area contributed by atoms with E-state index in [1.54, 1.807) is 0 Å². The molecule has 0 spiro atoms. The summed E-state index contributed by atoms with van der Waals surface area (Å²) in [4.78, 5) is 29.8. The first kappa shape index (κ1) is 15.5. The average Bonchev–Trinajstić information content (AvgIpc) is 2.85. The van der Waals surface area contributed by atoms with E-state index in [1.807, 2.05) is 0 Å². The number of hydrogen-bond acceptors (Lipinski definition) is 5. The van der Waals surface area contributed by atoms with Gasteiger partial charge in [0.1, 0.15) is 6.23 Å². The number of ether oxygens (including phenoxy) is 1. The van der Waals surface area contributed by atoms with Gasteiger partial charge in [-0.2, -0.15) is 0 Å². The maximum atomic E-state index is 11.9. The van der Waals surface area contributed by atoms with Gasteiger partial charge in [-0.25, -0.2) is 4.79 Å². The molecule has 2 N–H and O–H groups in total. The lowest BCUT2D eigenvalue weighted by atomic mass is 10.1. The fraction of sp³-hybridized carbons (Fsp3) is 0.455. The maximum Gasteiger partial charge on any atom is 0.330 e. The summed E-state index contributed by atoms with van der Waals surface area (Å²) in [7, 11) is 0. The van der Waals surface area contributed by atoms with Crippen LogP contribution in [0, 0.1) is 0 Å². The first-order valence-corrected chi connectivity index (χ1v) is 6.95. The SMILES string of the molecule is [N-]=[N+]=N[C@@H]1C[C@@H](n2cc(C=CBr)c(=O)[nH]c2=O)O[C@H]1CO. The third-order valence-corrected chi connectivity index (χ3v) is 3.40. The Balaban J connectivity index is 2.39. The molecule has 0 amide bonds. The normalized spacial score (nSPS) is 25.1. The van der Waals surface area contributed by atoms with Gasteiger partial charge in [0, 0.05) is 17.5 Å². The number of nitrogens with zero attached hydrogens (tertiary/aromatic N) is 4. The van der Waals surface area contributed by atoms with E-state index in [2.05, 4.69) is 30.9 Å². The maximum absolute atomic E-state index is 11.9. The number of aliphatic hydroxyl groups is 1. The van der Waals surface area contributed by atoms with Crippen LogP contribution in [0.15, 0.2) is 25.9 Å². The summed E-state index contributed by atoms with van der Waals surface area (Å²) in [6, 6.07) is -0.570. The monoisotopic (exact) mass is 357 g/mol. The Morgan fingerprint density at radius 3 is 3.05 bits per heavy atom. The van der Waals surface area contributed by atoms with Crippen molar-refractivity contribution in [3.8, 4) is 0 Å². The van der Waals surface area contributed by atoms with Crippen LogP contribution in [0.1, 0.15) is 18.2 Å². The van der Waals surface area contributed by atoms with Gasteiger partial charge in [0.2, 0.25) is 0 Å². The van der Waals surface area contributed by atoms with Crippen LogP contribution >= 0.6 is 15.9 Å². The molecule has 0 saturated carbocycles. The van der Waals surface area contributed by atoms with Crippen LogP contribution in [0.4, 0.5) is 0 Å². The molecule has 1 aliphatic rings. The van der Waals surface area contributed by atoms with Crippen molar-refractivity contribution in [3.63, 3.8) is 0 Å². The van der Waals surface area contributed by atoms with Crippen LogP contribution in [0.3, 0.4) is 0 Å². The molecular formula is C11H12BrN5O4. The number of aromatic amines is 1. The first-order chi connectivity index (χ1) is 10.1. The standard InChI is InChI=1S/C11H12BrN5O4/c12-2-1-6-4-17(11(20)14-10(6)19)9-3-7(15-16-13)8(5-18)21-9/h1-2,4,7-9,18H,3,5H2,(H,14,19,20)/t7-,8+,9+/m1/s1. The Morgan fingerprint density at radius 1 is 1.67 bits per heavy atom. The fourth-order valence-electron chi connectivity index (χ4n) is 2.14. The number of hydrogen-bond donors (Lipinski definition) is 2. The summed E-state index contributed by atoms with van der Waals surface area (Å²) in [6.07, 6.45) is 1.68. The van der Waals surface area contributed by atoms with Crippen molar-refractivity contribution in [2.24, 2.45) is 5.11 Å². The number of nitrogens with one attached hydrogen (secondary N) is 1. The van der Waals surface area contributed by atoms with Gasteiger partial charge in [-0.3, -0.25) is 14.3 Å².